The molecule has 1 N–H and O–H groups in total. The van der Waals surface area contributed by atoms with Crippen molar-refractivity contribution in [2.24, 2.45) is 0 Å². The number of pyridine rings is 1. The van der Waals surface area contributed by atoms with Crippen LogP contribution in [0.1, 0.15) is 5.56 Å². The molecule has 4 aromatic rings. The van der Waals surface area contributed by atoms with Crippen LogP contribution in [-0.2, 0) is 4.79 Å². The van der Waals surface area contributed by atoms with Gasteiger partial charge in [-0.2, -0.15) is 0 Å². The fourth-order valence-corrected chi connectivity index (χ4v) is 2.81. The van der Waals surface area contributed by atoms with Gasteiger partial charge in [-0.05, 0) is 23.8 Å². The number of nitrogens with one attached hydrogen (secondary N) is 1. The van der Waals surface area contributed by atoms with Crippen LogP contribution in [-0.4, -0.2) is 15.3 Å². The van der Waals surface area contributed by atoms with E-state index in [1.54, 1.807) is 6.08 Å². The van der Waals surface area contributed by atoms with Gasteiger partial charge in [0.25, 0.3) is 0 Å². The highest BCUT2D eigenvalue weighted by atomic mass is 16.1. The van der Waals surface area contributed by atoms with Crippen molar-refractivity contribution in [1.29, 1.82) is 0 Å². The lowest BCUT2D eigenvalue weighted by Crippen LogP contribution is -2.10. The summed E-state index contributed by atoms with van der Waals surface area (Å²) in [6, 6.07) is 25.3. The van der Waals surface area contributed by atoms with Crippen molar-refractivity contribution in [3.8, 4) is 11.3 Å². The number of hydrogen-bond donors (Lipinski definition) is 1. The zero-order valence-electron chi connectivity index (χ0n) is 14.0. The SMILES string of the molecule is O=C(C=Cc1ccccc1)Nc1c(-c2ccccc2)nc2ccccn12. The van der Waals surface area contributed by atoms with Crippen molar-refractivity contribution >= 4 is 23.4 Å². The third-order valence-corrected chi connectivity index (χ3v) is 4.05. The fourth-order valence-electron chi connectivity index (χ4n) is 2.81. The predicted molar refractivity (Wildman–Crippen MR) is 105 cm³/mol. The number of rotatable bonds is 4. The molecule has 0 saturated carbocycles. The second-order valence-corrected chi connectivity index (χ2v) is 5.84. The van der Waals surface area contributed by atoms with Gasteiger partial charge in [-0.1, -0.05) is 66.7 Å². The van der Waals surface area contributed by atoms with Gasteiger partial charge in [0, 0.05) is 17.8 Å². The van der Waals surface area contributed by atoms with E-state index in [1.165, 1.54) is 6.08 Å². The van der Waals surface area contributed by atoms with E-state index in [2.05, 4.69) is 10.3 Å². The molecular weight excluding hydrogens is 322 g/mol. The maximum atomic E-state index is 12.5. The molecule has 126 valence electrons. The number of carbonyl (C=O) groups is 1. The highest BCUT2D eigenvalue weighted by molar-refractivity contribution is 6.03. The molecule has 0 unspecified atom stereocenters. The Hall–Kier alpha value is -3.66. The van der Waals surface area contributed by atoms with Crippen molar-refractivity contribution in [3.05, 3.63) is 96.7 Å². The van der Waals surface area contributed by atoms with Gasteiger partial charge in [-0.15, -0.1) is 0 Å². The summed E-state index contributed by atoms with van der Waals surface area (Å²) in [6.07, 6.45) is 5.22. The highest BCUT2D eigenvalue weighted by Crippen LogP contribution is 2.28. The van der Waals surface area contributed by atoms with Crippen LogP contribution in [0.3, 0.4) is 0 Å². The number of amides is 1. The molecule has 2 aromatic heterocycles. The van der Waals surface area contributed by atoms with Crippen molar-refractivity contribution in [2.75, 3.05) is 5.32 Å². The van der Waals surface area contributed by atoms with Crippen LogP contribution >= 0.6 is 0 Å². The first kappa shape index (κ1) is 15.8. The lowest BCUT2D eigenvalue weighted by Gasteiger charge is -2.06. The van der Waals surface area contributed by atoms with Gasteiger partial charge >= 0.3 is 0 Å². The molecule has 0 aliphatic heterocycles. The Kier molecular flexibility index (Phi) is 4.31. The minimum Gasteiger partial charge on any atom is -0.306 e. The number of imidazole rings is 1. The minimum absolute atomic E-state index is 0.198. The van der Waals surface area contributed by atoms with Gasteiger partial charge in [-0.3, -0.25) is 9.20 Å². The summed E-state index contributed by atoms with van der Waals surface area (Å²) in [7, 11) is 0. The van der Waals surface area contributed by atoms with Gasteiger partial charge in [0.1, 0.15) is 17.2 Å². The van der Waals surface area contributed by atoms with Crippen LogP contribution in [0.2, 0.25) is 0 Å². The number of aromatic nitrogens is 2. The summed E-state index contributed by atoms with van der Waals surface area (Å²) in [4.78, 5) is 17.2. The maximum absolute atomic E-state index is 12.5. The molecule has 0 atom stereocenters. The maximum Gasteiger partial charge on any atom is 0.249 e. The summed E-state index contributed by atoms with van der Waals surface area (Å²) in [5.74, 6) is 0.464. The number of benzene rings is 2. The Balaban J connectivity index is 1.69. The second kappa shape index (κ2) is 7.07. The van der Waals surface area contributed by atoms with E-state index in [-0.39, 0.29) is 5.91 Å². The number of carbonyl (C=O) groups excluding carboxylic acids is 1. The van der Waals surface area contributed by atoms with Crippen LogP contribution in [0.15, 0.2) is 91.1 Å². The molecule has 0 fully saturated rings. The van der Waals surface area contributed by atoms with Gasteiger partial charge in [0.2, 0.25) is 5.91 Å². The average Bonchev–Trinajstić information content (AvgIpc) is 3.06. The molecule has 2 aromatic carbocycles. The lowest BCUT2D eigenvalue weighted by atomic mass is 10.1. The Morgan fingerprint density at radius 1 is 0.885 bits per heavy atom. The van der Waals surface area contributed by atoms with Gasteiger partial charge in [0.15, 0.2) is 0 Å². The van der Waals surface area contributed by atoms with E-state index < -0.39 is 0 Å². The smallest absolute Gasteiger partial charge is 0.249 e. The third kappa shape index (κ3) is 3.26. The molecule has 0 aliphatic rings. The Morgan fingerprint density at radius 2 is 1.58 bits per heavy atom. The summed E-state index contributed by atoms with van der Waals surface area (Å²) in [5, 5.41) is 2.98. The van der Waals surface area contributed by atoms with Gasteiger partial charge in [0.05, 0.1) is 0 Å². The molecular formula is C22H17N3O. The summed E-state index contributed by atoms with van der Waals surface area (Å²) in [5.41, 5.74) is 3.47. The first-order chi connectivity index (χ1) is 12.8. The predicted octanol–water partition coefficient (Wildman–Crippen LogP) is 4.65. The van der Waals surface area contributed by atoms with Crippen molar-refractivity contribution in [3.63, 3.8) is 0 Å². The molecule has 0 spiro atoms. The Bertz CT molecular complexity index is 1070. The standard InChI is InChI=1S/C22H17N3O/c26-20(15-14-17-9-3-1-4-10-17)24-22-21(18-11-5-2-6-12-18)23-19-13-7-8-16-25(19)22/h1-16H,(H,24,26). The third-order valence-electron chi connectivity index (χ3n) is 4.05. The minimum atomic E-state index is -0.198. The van der Waals surface area contributed by atoms with Crippen LogP contribution in [0, 0.1) is 0 Å². The molecule has 4 heteroatoms. The molecule has 1 amide bonds. The molecule has 0 bridgehead atoms. The lowest BCUT2D eigenvalue weighted by molar-refractivity contribution is -0.111. The quantitative estimate of drug-likeness (QED) is 0.550. The first-order valence-corrected chi connectivity index (χ1v) is 8.38. The van der Waals surface area contributed by atoms with E-state index in [1.807, 2.05) is 89.5 Å². The first-order valence-electron chi connectivity index (χ1n) is 8.38. The van der Waals surface area contributed by atoms with Crippen LogP contribution in [0.4, 0.5) is 5.82 Å². The van der Waals surface area contributed by atoms with Crippen molar-refractivity contribution < 1.29 is 4.79 Å². The number of hydrogen-bond acceptors (Lipinski definition) is 2. The molecule has 0 radical (unpaired) electrons. The zero-order valence-corrected chi connectivity index (χ0v) is 14.0. The highest BCUT2D eigenvalue weighted by Gasteiger charge is 2.15. The molecule has 26 heavy (non-hydrogen) atoms. The van der Waals surface area contributed by atoms with Crippen molar-refractivity contribution in [2.45, 2.75) is 0 Å². The Labute approximate surface area is 151 Å². The van der Waals surface area contributed by atoms with Crippen LogP contribution < -0.4 is 5.32 Å². The second-order valence-electron chi connectivity index (χ2n) is 5.84. The summed E-state index contributed by atoms with van der Waals surface area (Å²) < 4.78 is 1.89. The molecule has 0 saturated heterocycles. The largest absolute Gasteiger partial charge is 0.306 e. The zero-order chi connectivity index (χ0) is 17.8. The summed E-state index contributed by atoms with van der Waals surface area (Å²) >= 11 is 0. The van der Waals surface area contributed by atoms with E-state index >= 15 is 0 Å². The van der Waals surface area contributed by atoms with Crippen LogP contribution in [0.25, 0.3) is 23.0 Å². The topological polar surface area (TPSA) is 46.4 Å². The van der Waals surface area contributed by atoms with E-state index in [4.69, 9.17) is 0 Å². The van der Waals surface area contributed by atoms with Gasteiger partial charge < -0.3 is 5.32 Å². The van der Waals surface area contributed by atoms with Crippen molar-refractivity contribution in [1.82, 2.24) is 9.38 Å². The fraction of sp³-hybridized carbons (Fsp3) is 0. The monoisotopic (exact) mass is 339 g/mol. The Morgan fingerprint density at radius 3 is 2.35 bits per heavy atom. The number of nitrogens with zero attached hydrogens (tertiary/aromatic N) is 2. The molecule has 4 rings (SSSR count). The average molecular weight is 339 g/mol. The van der Waals surface area contributed by atoms with E-state index in [9.17, 15) is 4.79 Å². The molecule has 0 aliphatic carbocycles. The normalized spacial score (nSPS) is 11.1. The molecule has 2 heterocycles. The number of fused-ring (bicyclic) bond motifs is 1. The van der Waals surface area contributed by atoms with Crippen LogP contribution in [0.5, 0.6) is 0 Å². The van der Waals surface area contributed by atoms with Gasteiger partial charge in [-0.25, -0.2) is 4.98 Å². The van der Waals surface area contributed by atoms with E-state index in [0.717, 1.165) is 22.5 Å². The summed E-state index contributed by atoms with van der Waals surface area (Å²) in [6.45, 7) is 0. The molecule has 4 nitrogen and oxygen atoms in total. The van der Waals surface area contributed by atoms with E-state index in [0.29, 0.717) is 5.82 Å². The number of anilines is 1.